The largest absolute Gasteiger partial charge is 0.478 e. The topological polar surface area (TPSA) is 49.8 Å². The van der Waals surface area contributed by atoms with Gasteiger partial charge < -0.3 is 9.84 Å². The number of hydrogen-bond acceptors (Lipinski definition) is 3. The first-order valence-electron chi connectivity index (χ1n) is 7.42. The Morgan fingerprint density at radius 3 is 3.00 bits per heavy atom. The van der Waals surface area contributed by atoms with Gasteiger partial charge in [-0.15, -0.1) is 12.4 Å². The van der Waals surface area contributed by atoms with Crippen LogP contribution in [0, 0.1) is 0 Å². The molecule has 0 unspecified atom stereocenters. The molecule has 0 radical (unpaired) electrons. The number of rotatable bonds is 3. The molecule has 3 rings (SSSR count). The first kappa shape index (κ1) is 16.3. The Morgan fingerprint density at radius 2 is 2.29 bits per heavy atom. The number of ether oxygens (including phenoxy) is 1. The minimum absolute atomic E-state index is 0. The Balaban J connectivity index is 0.00000161. The van der Waals surface area contributed by atoms with Gasteiger partial charge >= 0.3 is 5.97 Å². The van der Waals surface area contributed by atoms with Gasteiger partial charge in [-0.25, -0.2) is 4.79 Å². The second-order valence-corrected chi connectivity index (χ2v) is 5.65. The van der Waals surface area contributed by atoms with E-state index in [1.807, 2.05) is 12.1 Å². The van der Waals surface area contributed by atoms with Gasteiger partial charge in [0.25, 0.3) is 0 Å². The molecule has 2 atom stereocenters. The number of carboxylic acids is 1. The number of carbonyl (C=O) groups is 1. The predicted molar refractivity (Wildman–Crippen MR) is 83.3 cm³/mol. The molecule has 1 fully saturated rings. The highest BCUT2D eigenvalue weighted by atomic mass is 35.5. The summed E-state index contributed by atoms with van der Waals surface area (Å²) in [6, 6.07) is 5.87. The molecule has 0 bridgehead atoms. The summed E-state index contributed by atoms with van der Waals surface area (Å²) in [7, 11) is 0. The van der Waals surface area contributed by atoms with E-state index in [9.17, 15) is 4.79 Å². The van der Waals surface area contributed by atoms with E-state index in [1.54, 1.807) is 6.07 Å². The molecule has 1 aliphatic carbocycles. The Hall–Kier alpha value is -1.10. The summed E-state index contributed by atoms with van der Waals surface area (Å²) in [5, 5.41) is 9.17. The van der Waals surface area contributed by atoms with E-state index in [1.165, 1.54) is 5.56 Å². The highest BCUT2D eigenvalue weighted by Gasteiger charge is 2.37. The SMILES string of the molecule is CCCN1CCO[C@@H]2c3cc(C(=O)O)ccc3CC[C@H]21.Cl. The molecule has 21 heavy (non-hydrogen) atoms. The monoisotopic (exact) mass is 311 g/mol. The summed E-state index contributed by atoms with van der Waals surface area (Å²) in [6.45, 7) is 5.02. The normalized spacial score (nSPS) is 24.6. The van der Waals surface area contributed by atoms with Crippen molar-refractivity contribution in [1.82, 2.24) is 4.90 Å². The van der Waals surface area contributed by atoms with Crippen LogP contribution in [-0.2, 0) is 11.2 Å². The second-order valence-electron chi connectivity index (χ2n) is 5.65. The molecule has 0 aromatic heterocycles. The van der Waals surface area contributed by atoms with Gasteiger partial charge in [-0.3, -0.25) is 4.90 Å². The minimum Gasteiger partial charge on any atom is -0.478 e. The third-order valence-corrected chi connectivity index (χ3v) is 4.41. The highest BCUT2D eigenvalue weighted by molar-refractivity contribution is 5.88. The van der Waals surface area contributed by atoms with Gasteiger partial charge in [0.05, 0.1) is 18.3 Å². The minimum atomic E-state index is -0.865. The third-order valence-electron chi connectivity index (χ3n) is 4.41. The molecular weight excluding hydrogens is 290 g/mol. The summed E-state index contributed by atoms with van der Waals surface area (Å²) in [6.07, 6.45) is 3.30. The van der Waals surface area contributed by atoms with E-state index < -0.39 is 5.97 Å². The molecule has 0 saturated carbocycles. The molecule has 1 saturated heterocycles. The van der Waals surface area contributed by atoms with Crippen LogP contribution in [-0.4, -0.2) is 41.7 Å². The average molecular weight is 312 g/mol. The van der Waals surface area contributed by atoms with Crippen LogP contribution in [0.5, 0.6) is 0 Å². The lowest BCUT2D eigenvalue weighted by molar-refractivity contribution is -0.0801. The number of fused-ring (bicyclic) bond motifs is 3. The van der Waals surface area contributed by atoms with Crippen LogP contribution in [0.3, 0.4) is 0 Å². The Morgan fingerprint density at radius 1 is 1.48 bits per heavy atom. The van der Waals surface area contributed by atoms with Crippen molar-refractivity contribution in [1.29, 1.82) is 0 Å². The number of nitrogens with zero attached hydrogens (tertiary/aromatic N) is 1. The molecule has 1 aliphatic heterocycles. The highest BCUT2D eigenvalue weighted by Crippen LogP contribution is 2.38. The van der Waals surface area contributed by atoms with Crippen LogP contribution in [0.1, 0.15) is 47.4 Å². The van der Waals surface area contributed by atoms with Crippen molar-refractivity contribution in [2.24, 2.45) is 0 Å². The maximum atomic E-state index is 11.2. The van der Waals surface area contributed by atoms with Crippen molar-refractivity contribution in [2.45, 2.75) is 38.3 Å². The van der Waals surface area contributed by atoms with Gasteiger partial charge in [0, 0.05) is 12.6 Å². The average Bonchev–Trinajstić information content (AvgIpc) is 2.47. The van der Waals surface area contributed by atoms with Crippen molar-refractivity contribution in [3.63, 3.8) is 0 Å². The fourth-order valence-corrected chi connectivity index (χ4v) is 3.49. The number of aromatic carboxylic acids is 1. The lowest BCUT2D eigenvalue weighted by Gasteiger charge is -2.44. The fourth-order valence-electron chi connectivity index (χ4n) is 3.49. The molecule has 1 N–H and O–H groups in total. The number of hydrogen-bond donors (Lipinski definition) is 1. The number of benzene rings is 1. The van der Waals surface area contributed by atoms with Gasteiger partial charge in [-0.2, -0.15) is 0 Å². The number of carboxylic acid groups (broad SMARTS) is 1. The summed E-state index contributed by atoms with van der Waals surface area (Å²) in [5.41, 5.74) is 2.69. The molecule has 1 aromatic carbocycles. The van der Waals surface area contributed by atoms with Crippen molar-refractivity contribution < 1.29 is 14.6 Å². The van der Waals surface area contributed by atoms with Crippen LogP contribution in [0.4, 0.5) is 0 Å². The van der Waals surface area contributed by atoms with Gasteiger partial charge in [-0.1, -0.05) is 13.0 Å². The molecule has 1 heterocycles. The first-order valence-corrected chi connectivity index (χ1v) is 7.42. The number of halogens is 1. The summed E-state index contributed by atoms with van der Waals surface area (Å²) in [4.78, 5) is 13.7. The maximum absolute atomic E-state index is 11.2. The zero-order chi connectivity index (χ0) is 14.1. The molecule has 2 aliphatic rings. The predicted octanol–water partition coefficient (Wildman–Crippen LogP) is 2.90. The fraction of sp³-hybridized carbons (Fsp3) is 0.562. The second kappa shape index (κ2) is 6.77. The summed E-state index contributed by atoms with van der Waals surface area (Å²) in [5.74, 6) is -0.865. The zero-order valence-corrected chi connectivity index (χ0v) is 13.1. The van der Waals surface area contributed by atoms with Crippen molar-refractivity contribution in [3.05, 3.63) is 34.9 Å². The smallest absolute Gasteiger partial charge is 0.335 e. The maximum Gasteiger partial charge on any atom is 0.335 e. The molecule has 5 heteroatoms. The Bertz CT molecular complexity index is 518. The van der Waals surface area contributed by atoms with E-state index in [0.717, 1.165) is 44.5 Å². The van der Waals surface area contributed by atoms with E-state index in [4.69, 9.17) is 9.84 Å². The lowest BCUT2D eigenvalue weighted by atomic mass is 9.83. The molecule has 116 valence electrons. The molecule has 0 amide bonds. The Labute approximate surface area is 131 Å². The van der Waals surface area contributed by atoms with Gasteiger partial charge in [0.1, 0.15) is 0 Å². The molecule has 4 nitrogen and oxygen atoms in total. The zero-order valence-electron chi connectivity index (χ0n) is 12.2. The van der Waals surface area contributed by atoms with Gasteiger partial charge in [0.15, 0.2) is 0 Å². The van der Waals surface area contributed by atoms with Crippen LogP contribution in [0.25, 0.3) is 0 Å². The molecule has 1 aromatic rings. The molecular formula is C16H22ClNO3. The molecule has 0 spiro atoms. The van der Waals surface area contributed by atoms with Gasteiger partial charge in [-0.05, 0) is 49.1 Å². The summed E-state index contributed by atoms with van der Waals surface area (Å²) >= 11 is 0. The van der Waals surface area contributed by atoms with Crippen molar-refractivity contribution >= 4 is 18.4 Å². The number of morpholine rings is 1. The first-order chi connectivity index (χ1) is 9.70. The van der Waals surface area contributed by atoms with Gasteiger partial charge in [0.2, 0.25) is 0 Å². The standard InChI is InChI=1S/C16H21NO3.ClH/c1-2-7-17-8-9-20-15-13-10-12(16(18)19)4-3-11(13)5-6-14(15)17;/h3-4,10,14-15H,2,5-9H2,1H3,(H,18,19);1H/t14-,15-;/m1./s1. The van der Waals surface area contributed by atoms with E-state index >= 15 is 0 Å². The lowest BCUT2D eigenvalue weighted by Crippen LogP contribution is -2.49. The van der Waals surface area contributed by atoms with Crippen LogP contribution >= 0.6 is 12.4 Å². The van der Waals surface area contributed by atoms with Crippen molar-refractivity contribution in [3.8, 4) is 0 Å². The van der Waals surface area contributed by atoms with Crippen LogP contribution in [0.15, 0.2) is 18.2 Å². The van der Waals surface area contributed by atoms with Crippen LogP contribution in [0.2, 0.25) is 0 Å². The third kappa shape index (κ3) is 3.07. The van der Waals surface area contributed by atoms with E-state index in [0.29, 0.717) is 11.6 Å². The van der Waals surface area contributed by atoms with E-state index in [2.05, 4.69) is 11.8 Å². The number of aryl methyl sites for hydroxylation is 1. The summed E-state index contributed by atoms with van der Waals surface area (Å²) < 4.78 is 5.99. The van der Waals surface area contributed by atoms with Crippen molar-refractivity contribution in [2.75, 3.05) is 19.7 Å². The van der Waals surface area contributed by atoms with E-state index in [-0.39, 0.29) is 18.5 Å². The quantitative estimate of drug-likeness (QED) is 0.932. The Kier molecular flexibility index (Phi) is 5.25. The van der Waals surface area contributed by atoms with Crippen LogP contribution < -0.4 is 0 Å².